The third-order valence-corrected chi connectivity index (χ3v) is 3.85. The Labute approximate surface area is 127 Å². The Bertz CT molecular complexity index is 793. The van der Waals surface area contributed by atoms with Crippen molar-refractivity contribution in [1.29, 1.82) is 0 Å². The predicted octanol–water partition coefficient (Wildman–Crippen LogP) is 3.96. The number of hydrogen-bond acceptors (Lipinski definition) is 2. The van der Waals surface area contributed by atoms with Gasteiger partial charge in [-0.15, -0.1) is 0 Å². The maximum atomic E-state index is 13.6. The average molecular weight is 304 g/mol. The first kappa shape index (κ1) is 13.9. The molecule has 2 aromatic carbocycles. The fraction of sp³-hybridized carbons (Fsp3) is 0.188. The molecule has 0 saturated carbocycles. The highest BCUT2D eigenvalue weighted by Gasteiger charge is 2.11. The normalized spacial score (nSPS) is 11.2. The van der Waals surface area contributed by atoms with E-state index in [-0.39, 0.29) is 5.82 Å². The van der Waals surface area contributed by atoms with Gasteiger partial charge in [-0.1, -0.05) is 23.7 Å². The van der Waals surface area contributed by atoms with Crippen LogP contribution >= 0.6 is 11.6 Å². The van der Waals surface area contributed by atoms with Gasteiger partial charge in [0.15, 0.2) is 0 Å². The van der Waals surface area contributed by atoms with Crippen molar-refractivity contribution in [1.82, 2.24) is 9.55 Å². The number of imidazole rings is 1. The quantitative estimate of drug-likeness (QED) is 0.796. The van der Waals surface area contributed by atoms with E-state index in [9.17, 15) is 4.39 Å². The number of aromatic nitrogens is 2. The number of halogens is 2. The fourth-order valence-corrected chi connectivity index (χ4v) is 2.52. The zero-order valence-electron chi connectivity index (χ0n) is 11.6. The minimum Gasteiger partial charge on any atom is -0.369 e. The van der Waals surface area contributed by atoms with E-state index in [1.54, 1.807) is 13.0 Å². The van der Waals surface area contributed by atoms with Gasteiger partial charge in [-0.2, -0.15) is 0 Å². The van der Waals surface area contributed by atoms with Crippen LogP contribution in [0.2, 0.25) is 5.02 Å². The number of hydrogen-bond donors (Lipinski definition) is 1. The Hall–Kier alpha value is -2.07. The van der Waals surface area contributed by atoms with Crippen LogP contribution in [-0.4, -0.2) is 9.55 Å². The highest BCUT2D eigenvalue weighted by atomic mass is 35.5. The second kappa shape index (κ2) is 5.37. The van der Waals surface area contributed by atoms with Crippen LogP contribution < -0.4 is 5.73 Å². The van der Waals surface area contributed by atoms with Gasteiger partial charge in [0.1, 0.15) is 5.82 Å². The van der Waals surface area contributed by atoms with E-state index >= 15 is 0 Å². The minimum absolute atomic E-state index is 0.259. The summed E-state index contributed by atoms with van der Waals surface area (Å²) in [4.78, 5) is 4.22. The van der Waals surface area contributed by atoms with Crippen molar-refractivity contribution < 1.29 is 4.39 Å². The highest BCUT2D eigenvalue weighted by molar-refractivity contribution is 6.30. The molecule has 0 aliphatic rings. The molecule has 0 atom stereocenters. The molecule has 1 heterocycles. The SMILES string of the molecule is Cc1cc2c(cc1F)nc(N)n2CCc1ccc(Cl)cc1. The molecule has 0 unspecified atom stereocenters. The molecular weight excluding hydrogens is 289 g/mol. The van der Waals surface area contributed by atoms with Crippen LogP contribution in [0, 0.1) is 12.7 Å². The van der Waals surface area contributed by atoms with Gasteiger partial charge in [-0.3, -0.25) is 0 Å². The Balaban J connectivity index is 1.91. The van der Waals surface area contributed by atoms with E-state index in [1.165, 1.54) is 11.6 Å². The molecule has 0 radical (unpaired) electrons. The smallest absolute Gasteiger partial charge is 0.201 e. The molecule has 3 rings (SSSR count). The molecule has 0 spiro atoms. The lowest BCUT2D eigenvalue weighted by atomic mass is 10.1. The first-order valence-corrected chi connectivity index (χ1v) is 7.08. The first-order valence-electron chi connectivity index (χ1n) is 6.71. The molecule has 3 aromatic rings. The number of nitrogens with zero attached hydrogens (tertiary/aromatic N) is 2. The molecule has 0 saturated heterocycles. The molecular formula is C16H15ClFN3. The second-order valence-electron chi connectivity index (χ2n) is 5.09. The van der Waals surface area contributed by atoms with Gasteiger partial charge >= 0.3 is 0 Å². The van der Waals surface area contributed by atoms with Gasteiger partial charge in [0.05, 0.1) is 11.0 Å². The predicted molar refractivity (Wildman–Crippen MR) is 84.0 cm³/mol. The summed E-state index contributed by atoms with van der Waals surface area (Å²) in [6.07, 6.45) is 0.809. The van der Waals surface area contributed by atoms with Crippen molar-refractivity contribution >= 4 is 28.6 Å². The molecule has 21 heavy (non-hydrogen) atoms. The molecule has 2 N–H and O–H groups in total. The second-order valence-corrected chi connectivity index (χ2v) is 5.52. The standard InChI is InChI=1S/C16H15ClFN3/c1-10-8-15-14(9-13(10)18)20-16(19)21(15)7-6-11-2-4-12(17)5-3-11/h2-5,8-9H,6-7H2,1H3,(H2,19,20). The van der Waals surface area contributed by atoms with Gasteiger partial charge in [0.25, 0.3) is 0 Å². The number of nitrogen functional groups attached to an aromatic ring is 1. The van der Waals surface area contributed by atoms with Crippen LogP contribution in [0.4, 0.5) is 10.3 Å². The Morgan fingerprint density at radius 3 is 2.67 bits per heavy atom. The van der Waals surface area contributed by atoms with Crippen LogP contribution in [0.25, 0.3) is 11.0 Å². The number of fused-ring (bicyclic) bond motifs is 1. The molecule has 0 fully saturated rings. The third kappa shape index (κ3) is 2.72. The van der Waals surface area contributed by atoms with Crippen molar-refractivity contribution in [3.8, 4) is 0 Å². The number of anilines is 1. The van der Waals surface area contributed by atoms with Gasteiger partial charge < -0.3 is 10.3 Å². The summed E-state index contributed by atoms with van der Waals surface area (Å²) >= 11 is 5.88. The van der Waals surface area contributed by atoms with Crippen molar-refractivity contribution in [3.63, 3.8) is 0 Å². The molecule has 0 bridgehead atoms. The van der Waals surface area contributed by atoms with E-state index < -0.39 is 0 Å². The lowest BCUT2D eigenvalue weighted by Gasteiger charge is -2.07. The minimum atomic E-state index is -0.259. The summed E-state index contributed by atoms with van der Waals surface area (Å²) in [5.74, 6) is 0.147. The van der Waals surface area contributed by atoms with E-state index in [4.69, 9.17) is 17.3 Å². The number of benzene rings is 2. The molecule has 0 aliphatic carbocycles. The van der Waals surface area contributed by atoms with Crippen LogP contribution in [0.15, 0.2) is 36.4 Å². The van der Waals surface area contributed by atoms with Crippen LogP contribution in [0.5, 0.6) is 0 Å². The van der Waals surface area contributed by atoms with Gasteiger partial charge in [0.2, 0.25) is 5.95 Å². The summed E-state index contributed by atoms with van der Waals surface area (Å²) < 4.78 is 15.5. The Morgan fingerprint density at radius 2 is 1.95 bits per heavy atom. The third-order valence-electron chi connectivity index (χ3n) is 3.60. The summed E-state index contributed by atoms with van der Waals surface area (Å²) in [6, 6.07) is 10.9. The van der Waals surface area contributed by atoms with E-state index in [2.05, 4.69) is 4.98 Å². The molecule has 108 valence electrons. The molecule has 1 aromatic heterocycles. The van der Waals surface area contributed by atoms with E-state index in [0.29, 0.717) is 23.6 Å². The lowest BCUT2D eigenvalue weighted by molar-refractivity contribution is 0.620. The Morgan fingerprint density at radius 1 is 1.24 bits per heavy atom. The zero-order chi connectivity index (χ0) is 15.0. The van der Waals surface area contributed by atoms with Crippen molar-refractivity contribution in [3.05, 3.63) is 58.4 Å². The topological polar surface area (TPSA) is 43.8 Å². The maximum Gasteiger partial charge on any atom is 0.201 e. The Kier molecular flexibility index (Phi) is 3.55. The molecule has 0 aliphatic heterocycles. The van der Waals surface area contributed by atoms with Crippen LogP contribution in [0.1, 0.15) is 11.1 Å². The van der Waals surface area contributed by atoms with Crippen molar-refractivity contribution in [2.75, 3.05) is 5.73 Å². The van der Waals surface area contributed by atoms with Gasteiger partial charge in [-0.05, 0) is 42.7 Å². The lowest BCUT2D eigenvalue weighted by Crippen LogP contribution is -2.05. The highest BCUT2D eigenvalue weighted by Crippen LogP contribution is 2.22. The summed E-state index contributed by atoms with van der Waals surface area (Å²) in [6.45, 7) is 2.43. The number of rotatable bonds is 3. The van der Waals surface area contributed by atoms with Crippen LogP contribution in [-0.2, 0) is 13.0 Å². The molecule has 3 nitrogen and oxygen atoms in total. The number of aryl methyl sites for hydroxylation is 3. The monoisotopic (exact) mass is 303 g/mol. The molecule has 0 amide bonds. The zero-order valence-corrected chi connectivity index (χ0v) is 12.4. The van der Waals surface area contributed by atoms with E-state index in [1.807, 2.05) is 28.8 Å². The summed E-state index contributed by atoms with van der Waals surface area (Å²) in [5, 5.41) is 0.720. The van der Waals surface area contributed by atoms with E-state index in [0.717, 1.165) is 17.0 Å². The van der Waals surface area contributed by atoms with Crippen LogP contribution in [0.3, 0.4) is 0 Å². The van der Waals surface area contributed by atoms with Crippen molar-refractivity contribution in [2.45, 2.75) is 19.9 Å². The largest absolute Gasteiger partial charge is 0.369 e. The molecule has 5 heteroatoms. The van der Waals surface area contributed by atoms with Gasteiger partial charge in [0, 0.05) is 17.6 Å². The fourth-order valence-electron chi connectivity index (χ4n) is 2.40. The van der Waals surface area contributed by atoms with Gasteiger partial charge in [-0.25, -0.2) is 9.37 Å². The maximum absolute atomic E-state index is 13.6. The number of nitrogens with two attached hydrogens (primary N) is 1. The van der Waals surface area contributed by atoms with Crippen molar-refractivity contribution in [2.24, 2.45) is 0 Å². The summed E-state index contributed by atoms with van der Waals surface area (Å²) in [7, 11) is 0. The average Bonchev–Trinajstić information content (AvgIpc) is 2.74. The first-order chi connectivity index (χ1) is 10.0. The summed E-state index contributed by atoms with van der Waals surface area (Å²) in [5.41, 5.74) is 9.16.